The van der Waals surface area contributed by atoms with E-state index in [4.69, 9.17) is 14.2 Å². The average molecular weight is 448 g/mol. The van der Waals surface area contributed by atoms with Gasteiger partial charge in [-0.25, -0.2) is 4.79 Å². The van der Waals surface area contributed by atoms with E-state index < -0.39 is 11.9 Å². The second kappa shape index (κ2) is 11.2. The molecule has 0 saturated carbocycles. The van der Waals surface area contributed by atoms with Crippen LogP contribution in [-0.2, 0) is 16.1 Å². The summed E-state index contributed by atoms with van der Waals surface area (Å²) in [5.74, 6) is 0.154. The van der Waals surface area contributed by atoms with Crippen LogP contribution in [-0.4, -0.2) is 25.6 Å². The van der Waals surface area contributed by atoms with Gasteiger partial charge in [0.1, 0.15) is 6.61 Å². The van der Waals surface area contributed by atoms with Crippen molar-refractivity contribution in [1.29, 1.82) is 0 Å². The summed E-state index contributed by atoms with van der Waals surface area (Å²) in [5, 5.41) is 2.87. The Kier molecular flexibility index (Phi) is 8.08. The lowest BCUT2D eigenvalue weighted by molar-refractivity contribution is -0.119. The highest BCUT2D eigenvalue weighted by molar-refractivity contribution is 5.96. The molecule has 0 radical (unpaired) electrons. The molecule has 3 rings (SSSR count). The van der Waals surface area contributed by atoms with Crippen molar-refractivity contribution in [2.45, 2.75) is 33.3 Å². The van der Waals surface area contributed by atoms with Crippen LogP contribution in [0.3, 0.4) is 0 Å². The fraction of sp³-hybridized carbons (Fsp3) is 0.259. The molecule has 3 aromatic carbocycles. The van der Waals surface area contributed by atoms with Gasteiger partial charge in [-0.3, -0.25) is 4.79 Å². The summed E-state index contributed by atoms with van der Waals surface area (Å²) >= 11 is 0. The van der Waals surface area contributed by atoms with Gasteiger partial charge >= 0.3 is 5.97 Å². The highest BCUT2D eigenvalue weighted by atomic mass is 16.5. The lowest BCUT2D eigenvalue weighted by Crippen LogP contribution is -2.22. The van der Waals surface area contributed by atoms with E-state index in [-0.39, 0.29) is 18.1 Å². The molecule has 0 saturated heterocycles. The molecule has 0 aliphatic heterocycles. The summed E-state index contributed by atoms with van der Waals surface area (Å²) < 4.78 is 16.4. The molecule has 0 unspecified atom stereocenters. The van der Waals surface area contributed by atoms with Crippen molar-refractivity contribution in [1.82, 2.24) is 0 Å². The zero-order valence-corrected chi connectivity index (χ0v) is 19.4. The largest absolute Gasteiger partial charge is 0.493 e. The molecule has 0 heterocycles. The van der Waals surface area contributed by atoms with Crippen LogP contribution in [0, 0.1) is 6.92 Å². The molecule has 1 N–H and O–H groups in total. The Hall–Kier alpha value is -3.80. The maximum atomic E-state index is 12.5. The van der Waals surface area contributed by atoms with Gasteiger partial charge in [0.25, 0.3) is 5.91 Å². The monoisotopic (exact) mass is 447 g/mol. The molecule has 0 aliphatic rings. The number of esters is 1. The molecule has 3 aromatic rings. The number of rotatable bonds is 9. The summed E-state index contributed by atoms with van der Waals surface area (Å²) in [6.07, 6.45) is 0. The van der Waals surface area contributed by atoms with Crippen LogP contribution >= 0.6 is 0 Å². The van der Waals surface area contributed by atoms with Gasteiger partial charge in [-0.15, -0.1) is 0 Å². The molecule has 0 fully saturated rings. The summed E-state index contributed by atoms with van der Waals surface area (Å²) in [6, 6.07) is 20.4. The van der Waals surface area contributed by atoms with Crippen LogP contribution in [0.2, 0.25) is 0 Å². The Balaban J connectivity index is 1.60. The Morgan fingerprint density at radius 2 is 1.70 bits per heavy atom. The number of para-hydroxylation sites is 1. The van der Waals surface area contributed by atoms with Crippen molar-refractivity contribution in [2.24, 2.45) is 0 Å². The molecule has 6 nitrogen and oxygen atoms in total. The third-order valence-electron chi connectivity index (χ3n) is 5.16. The quantitative estimate of drug-likeness (QED) is 0.438. The molecule has 0 spiro atoms. The number of hydrogen-bond donors (Lipinski definition) is 1. The van der Waals surface area contributed by atoms with Gasteiger partial charge in [-0.2, -0.15) is 0 Å². The molecule has 0 aromatic heterocycles. The number of anilines is 1. The molecule has 0 aliphatic carbocycles. The fourth-order valence-corrected chi connectivity index (χ4v) is 3.38. The van der Waals surface area contributed by atoms with Crippen LogP contribution in [0.5, 0.6) is 11.5 Å². The van der Waals surface area contributed by atoms with Crippen molar-refractivity contribution in [3.8, 4) is 11.5 Å². The lowest BCUT2D eigenvalue weighted by atomic mass is 9.98. The second-order valence-electron chi connectivity index (χ2n) is 7.96. The van der Waals surface area contributed by atoms with Gasteiger partial charge in [0.15, 0.2) is 18.1 Å². The van der Waals surface area contributed by atoms with E-state index in [1.54, 1.807) is 18.2 Å². The molecular weight excluding hydrogens is 418 g/mol. The number of carbonyl (C=O) groups is 2. The SMILES string of the molecule is COc1cc(C(=O)OCC(=O)Nc2c(C)cccc2C(C)C)ccc1OCc1ccccc1. The van der Waals surface area contributed by atoms with E-state index in [2.05, 4.69) is 19.2 Å². The Morgan fingerprint density at radius 1 is 0.939 bits per heavy atom. The molecule has 33 heavy (non-hydrogen) atoms. The molecular formula is C27H29NO5. The van der Waals surface area contributed by atoms with Crippen molar-refractivity contribution in [2.75, 3.05) is 19.0 Å². The van der Waals surface area contributed by atoms with E-state index in [9.17, 15) is 9.59 Å². The summed E-state index contributed by atoms with van der Waals surface area (Å²) in [5.41, 5.74) is 4.03. The van der Waals surface area contributed by atoms with E-state index in [1.165, 1.54) is 7.11 Å². The molecule has 0 bridgehead atoms. The van der Waals surface area contributed by atoms with Gasteiger partial charge in [-0.05, 0) is 47.7 Å². The first kappa shape index (κ1) is 23.9. The van der Waals surface area contributed by atoms with E-state index >= 15 is 0 Å². The third kappa shape index (κ3) is 6.35. The van der Waals surface area contributed by atoms with Gasteiger partial charge < -0.3 is 19.5 Å². The van der Waals surface area contributed by atoms with Crippen LogP contribution in [0.15, 0.2) is 66.7 Å². The highest BCUT2D eigenvalue weighted by Gasteiger charge is 2.16. The van der Waals surface area contributed by atoms with E-state index in [0.29, 0.717) is 18.1 Å². The van der Waals surface area contributed by atoms with Gasteiger partial charge in [0.2, 0.25) is 0 Å². The van der Waals surface area contributed by atoms with Crippen LogP contribution in [0.1, 0.15) is 46.8 Å². The smallest absolute Gasteiger partial charge is 0.338 e. The summed E-state index contributed by atoms with van der Waals surface area (Å²) in [6.45, 7) is 6.04. The Labute approximate surface area is 194 Å². The Bertz CT molecular complexity index is 1110. The number of carbonyl (C=O) groups excluding carboxylic acids is 2. The zero-order valence-electron chi connectivity index (χ0n) is 19.4. The maximum absolute atomic E-state index is 12.5. The third-order valence-corrected chi connectivity index (χ3v) is 5.16. The first-order valence-electron chi connectivity index (χ1n) is 10.8. The fourth-order valence-electron chi connectivity index (χ4n) is 3.38. The predicted molar refractivity (Wildman–Crippen MR) is 128 cm³/mol. The first-order valence-corrected chi connectivity index (χ1v) is 10.8. The summed E-state index contributed by atoms with van der Waals surface area (Å²) in [4.78, 5) is 24.9. The van der Waals surface area contributed by atoms with Crippen LogP contribution in [0.4, 0.5) is 5.69 Å². The predicted octanol–water partition coefficient (Wildman–Crippen LogP) is 5.50. The lowest BCUT2D eigenvalue weighted by Gasteiger charge is -2.16. The summed E-state index contributed by atoms with van der Waals surface area (Å²) in [7, 11) is 1.50. The molecule has 172 valence electrons. The van der Waals surface area contributed by atoms with Crippen molar-refractivity contribution >= 4 is 17.6 Å². The normalized spacial score (nSPS) is 10.6. The topological polar surface area (TPSA) is 73.9 Å². The number of aryl methyl sites for hydroxylation is 1. The minimum atomic E-state index is -0.619. The number of nitrogens with one attached hydrogen (secondary N) is 1. The number of amides is 1. The standard InChI is InChI=1S/C27H29NO5/c1-18(2)22-12-8-9-19(3)26(22)28-25(29)17-33-27(30)21-13-14-23(24(15-21)31-4)32-16-20-10-6-5-7-11-20/h5-15,18H,16-17H2,1-4H3,(H,28,29). The number of ether oxygens (including phenoxy) is 3. The van der Waals surface area contributed by atoms with E-state index in [1.807, 2.05) is 55.5 Å². The zero-order chi connectivity index (χ0) is 23.8. The number of hydrogen-bond acceptors (Lipinski definition) is 5. The van der Waals surface area contributed by atoms with Gasteiger partial charge in [0, 0.05) is 5.69 Å². The second-order valence-corrected chi connectivity index (χ2v) is 7.96. The molecule has 1 amide bonds. The van der Waals surface area contributed by atoms with Crippen LogP contribution < -0.4 is 14.8 Å². The average Bonchev–Trinajstić information content (AvgIpc) is 2.82. The van der Waals surface area contributed by atoms with E-state index in [0.717, 1.165) is 22.4 Å². The number of methoxy groups -OCH3 is 1. The maximum Gasteiger partial charge on any atom is 0.338 e. The van der Waals surface area contributed by atoms with Gasteiger partial charge in [-0.1, -0.05) is 62.4 Å². The van der Waals surface area contributed by atoms with Crippen molar-refractivity contribution in [3.05, 3.63) is 89.0 Å². The first-order chi connectivity index (χ1) is 15.9. The molecule has 0 atom stereocenters. The highest BCUT2D eigenvalue weighted by Crippen LogP contribution is 2.29. The Morgan fingerprint density at radius 3 is 2.39 bits per heavy atom. The minimum absolute atomic E-state index is 0.248. The molecule has 6 heteroatoms. The van der Waals surface area contributed by atoms with Crippen molar-refractivity contribution in [3.63, 3.8) is 0 Å². The van der Waals surface area contributed by atoms with Crippen LogP contribution in [0.25, 0.3) is 0 Å². The van der Waals surface area contributed by atoms with Gasteiger partial charge in [0.05, 0.1) is 12.7 Å². The minimum Gasteiger partial charge on any atom is -0.493 e. The number of benzene rings is 3. The van der Waals surface area contributed by atoms with Crippen molar-refractivity contribution < 1.29 is 23.8 Å².